The van der Waals surface area contributed by atoms with Crippen LogP contribution in [0.1, 0.15) is 37.8 Å². The lowest BCUT2D eigenvalue weighted by Gasteiger charge is -2.22. The molecule has 6 heteroatoms. The Labute approximate surface area is 160 Å². The quantitative estimate of drug-likeness (QED) is 0.854. The summed E-state index contributed by atoms with van der Waals surface area (Å²) in [5.41, 5.74) is 3.34. The minimum Gasteiger partial charge on any atom is -0.309 e. The highest BCUT2D eigenvalue weighted by atomic mass is 32.2. The second kappa shape index (κ2) is 6.68. The summed E-state index contributed by atoms with van der Waals surface area (Å²) in [5, 5.41) is 0. The molecule has 0 saturated heterocycles. The van der Waals surface area contributed by atoms with Gasteiger partial charge in [-0.15, -0.1) is 0 Å². The molecule has 142 valence electrons. The highest BCUT2D eigenvalue weighted by molar-refractivity contribution is 7.92. The first-order valence-electron chi connectivity index (χ1n) is 9.47. The van der Waals surface area contributed by atoms with Crippen molar-refractivity contribution in [3.63, 3.8) is 0 Å². The first-order chi connectivity index (χ1) is 12.9. The largest absolute Gasteiger partial charge is 0.309 e. The molecule has 1 amide bonds. The molecule has 2 aromatic carbocycles. The number of rotatable bonds is 5. The van der Waals surface area contributed by atoms with Gasteiger partial charge in [-0.2, -0.15) is 0 Å². The third-order valence-corrected chi connectivity index (χ3v) is 6.75. The molecule has 0 radical (unpaired) electrons. The van der Waals surface area contributed by atoms with Crippen LogP contribution in [0.4, 0.5) is 11.4 Å². The highest BCUT2D eigenvalue weighted by Crippen LogP contribution is 2.39. The summed E-state index contributed by atoms with van der Waals surface area (Å²) < 4.78 is 28.5. The summed E-state index contributed by atoms with van der Waals surface area (Å²) in [6, 6.07) is 12.6. The van der Waals surface area contributed by atoms with Crippen LogP contribution in [0.25, 0.3) is 0 Å². The van der Waals surface area contributed by atoms with Crippen LogP contribution in [0, 0.1) is 5.92 Å². The highest BCUT2D eigenvalue weighted by Gasteiger charge is 2.39. The van der Waals surface area contributed by atoms with E-state index in [1.165, 1.54) is 0 Å². The van der Waals surface area contributed by atoms with Crippen molar-refractivity contribution in [2.75, 3.05) is 9.62 Å². The lowest BCUT2D eigenvalue weighted by Crippen LogP contribution is -2.36. The number of amides is 1. The summed E-state index contributed by atoms with van der Waals surface area (Å²) in [6.45, 7) is 4.01. The van der Waals surface area contributed by atoms with Gasteiger partial charge in [0.2, 0.25) is 5.91 Å². The van der Waals surface area contributed by atoms with Crippen molar-refractivity contribution >= 4 is 27.3 Å². The van der Waals surface area contributed by atoms with Crippen molar-refractivity contribution in [1.82, 2.24) is 0 Å². The molecule has 27 heavy (non-hydrogen) atoms. The van der Waals surface area contributed by atoms with Crippen molar-refractivity contribution in [3.05, 3.63) is 53.6 Å². The molecule has 1 atom stereocenters. The number of hydrogen-bond donors (Lipinski definition) is 1. The first kappa shape index (κ1) is 18.0. The Balaban J connectivity index is 1.64. The van der Waals surface area contributed by atoms with E-state index in [9.17, 15) is 13.2 Å². The number of carbonyl (C=O) groups is 1. The maximum atomic E-state index is 12.9. The van der Waals surface area contributed by atoms with Gasteiger partial charge in [0.25, 0.3) is 10.0 Å². The Kier molecular flexibility index (Phi) is 4.46. The van der Waals surface area contributed by atoms with Crippen LogP contribution in [0.5, 0.6) is 0 Å². The smallest absolute Gasteiger partial charge is 0.261 e. The monoisotopic (exact) mass is 384 g/mol. The van der Waals surface area contributed by atoms with E-state index < -0.39 is 10.0 Å². The van der Waals surface area contributed by atoms with Crippen LogP contribution in [0.15, 0.2) is 47.4 Å². The van der Waals surface area contributed by atoms with Crippen molar-refractivity contribution < 1.29 is 13.2 Å². The molecule has 1 heterocycles. The lowest BCUT2D eigenvalue weighted by atomic mass is 10.1. The van der Waals surface area contributed by atoms with E-state index in [-0.39, 0.29) is 22.8 Å². The van der Waals surface area contributed by atoms with Gasteiger partial charge in [0, 0.05) is 17.6 Å². The van der Waals surface area contributed by atoms with Crippen molar-refractivity contribution in [3.8, 4) is 0 Å². The lowest BCUT2D eigenvalue weighted by molar-refractivity contribution is -0.120. The molecule has 1 aliphatic heterocycles. The van der Waals surface area contributed by atoms with Gasteiger partial charge in [-0.1, -0.05) is 25.1 Å². The molecule has 2 aliphatic rings. The molecule has 4 rings (SSSR count). The number of sulfonamides is 1. The number of nitrogens with one attached hydrogen (secondary N) is 1. The Hall–Kier alpha value is -2.34. The number of nitrogens with zero attached hydrogens (tertiary/aromatic N) is 1. The summed E-state index contributed by atoms with van der Waals surface area (Å²) in [4.78, 5) is 14.7. The molecule has 0 aromatic heterocycles. The van der Waals surface area contributed by atoms with Crippen LogP contribution in [0.3, 0.4) is 0 Å². The van der Waals surface area contributed by atoms with Gasteiger partial charge in [0.05, 0.1) is 10.6 Å². The molecule has 0 bridgehead atoms. The van der Waals surface area contributed by atoms with E-state index in [0.717, 1.165) is 36.1 Å². The summed E-state index contributed by atoms with van der Waals surface area (Å²) in [7, 11) is -3.68. The number of hydrogen-bond acceptors (Lipinski definition) is 3. The molecule has 2 aromatic rings. The number of carbonyl (C=O) groups excluding carboxylic acids is 1. The zero-order valence-electron chi connectivity index (χ0n) is 15.6. The van der Waals surface area contributed by atoms with Crippen molar-refractivity contribution in [1.29, 1.82) is 0 Å². The number of anilines is 2. The van der Waals surface area contributed by atoms with E-state index >= 15 is 0 Å². The SMILES string of the molecule is CCc1ccccc1NS(=O)(=O)c1ccc2c(c1)C[C@H](C)N2C(=O)C1CC1. The minimum absolute atomic E-state index is 0.0693. The van der Waals surface area contributed by atoms with E-state index in [1.54, 1.807) is 24.3 Å². The van der Waals surface area contributed by atoms with Crippen LogP contribution in [0.2, 0.25) is 0 Å². The third-order valence-electron chi connectivity index (χ3n) is 5.38. The number of benzene rings is 2. The molecule has 1 fully saturated rings. The Morgan fingerprint density at radius 3 is 2.63 bits per heavy atom. The fourth-order valence-corrected chi connectivity index (χ4v) is 4.92. The van der Waals surface area contributed by atoms with Gasteiger partial charge in [0.15, 0.2) is 0 Å². The molecule has 1 N–H and O–H groups in total. The first-order valence-corrected chi connectivity index (χ1v) is 11.0. The van der Waals surface area contributed by atoms with Crippen LogP contribution in [-0.2, 0) is 27.7 Å². The summed E-state index contributed by atoms with van der Waals surface area (Å²) in [5.74, 6) is 0.320. The molecular formula is C21H24N2O3S. The molecular weight excluding hydrogens is 360 g/mol. The van der Waals surface area contributed by atoms with Crippen LogP contribution >= 0.6 is 0 Å². The maximum absolute atomic E-state index is 12.9. The van der Waals surface area contributed by atoms with Gasteiger partial charge in [-0.25, -0.2) is 8.42 Å². The second-order valence-corrected chi connectivity index (χ2v) is 9.12. The number of fused-ring (bicyclic) bond motifs is 1. The molecule has 5 nitrogen and oxygen atoms in total. The Bertz CT molecular complexity index is 996. The topological polar surface area (TPSA) is 66.5 Å². The zero-order chi connectivity index (χ0) is 19.2. The molecule has 0 unspecified atom stereocenters. The fraction of sp³-hybridized carbons (Fsp3) is 0.381. The van der Waals surface area contributed by atoms with Gasteiger partial charge in [-0.3, -0.25) is 9.52 Å². The van der Waals surface area contributed by atoms with E-state index in [2.05, 4.69) is 4.72 Å². The predicted molar refractivity (Wildman–Crippen MR) is 106 cm³/mol. The Morgan fingerprint density at radius 1 is 1.19 bits per heavy atom. The van der Waals surface area contributed by atoms with Crippen molar-refractivity contribution in [2.24, 2.45) is 5.92 Å². The molecule has 1 aliphatic carbocycles. The van der Waals surface area contributed by atoms with Gasteiger partial charge >= 0.3 is 0 Å². The normalized spacial score (nSPS) is 19.0. The third kappa shape index (κ3) is 3.34. The van der Waals surface area contributed by atoms with E-state index in [4.69, 9.17) is 0 Å². The van der Waals surface area contributed by atoms with Gasteiger partial charge in [0.1, 0.15) is 0 Å². The standard InChI is InChI=1S/C21H24N2O3S/c1-3-15-6-4-5-7-19(15)22-27(25,26)18-10-11-20-17(13-18)12-14(2)23(20)21(24)16-8-9-16/h4-7,10-11,13-14,16,22H,3,8-9,12H2,1-2H3/t14-/m0/s1. The molecule has 1 saturated carbocycles. The summed E-state index contributed by atoms with van der Waals surface area (Å²) in [6.07, 6.45) is 3.36. The van der Waals surface area contributed by atoms with E-state index in [1.807, 2.05) is 36.9 Å². The molecule has 0 spiro atoms. The number of para-hydroxylation sites is 1. The van der Waals surface area contributed by atoms with Crippen molar-refractivity contribution in [2.45, 2.75) is 50.5 Å². The Morgan fingerprint density at radius 2 is 1.93 bits per heavy atom. The second-order valence-electron chi connectivity index (χ2n) is 7.44. The average Bonchev–Trinajstić information content (AvgIpc) is 3.43. The predicted octanol–water partition coefficient (Wildman–Crippen LogP) is 3.74. The average molecular weight is 385 g/mol. The summed E-state index contributed by atoms with van der Waals surface area (Å²) >= 11 is 0. The van der Waals surface area contributed by atoms with Gasteiger partial charge < -0.3 is 4.90 Å². The fourth-order valence-electron chi connectivity index (χ4n) is 3.77. The van der Waals surface area contributed by atoms with Crippen LogP contribution < -0.4 is 9.62 Å². The minimum atomic E-state index is -3.68. The van der Waals surface area contributed by atoms with E-state index in [0.29, 0.717) is 12.1 Å². The maximum Gasteiger partial charge on any atom is 0.261 e. The van der Waals surface area contributed by atoms with Crippen LogP contribution in [-0.4, -0.2) is 20.4 Å². The van der Waals surface area contributed by atoms with Gasteiger partial charge in [-0.05, 0) is 68.0 Å². The number of aryl methyl sites for hydroxylation is 1. The zero-order valence-corrected chi connectivity index (χ0v) is 16.4.